The van der Waals surface area contributed by atoms with Gasteiger partial charge in [0.05, 0.1) is 25.9 Å². The van der Waals surface area contributed by atoms with E-state index in [0.717, 1.165) is 12.8 Å². The maximum Gasteiger partial charge on any atom is 0.330 e. The van der Waals surface area contributed by atoms with Gasteiger partial charge in [-0.25, -0.2) is 4.79 Å². The molecule has 0 bridgehead atoms. The van der Waals surface area contributed by atoms with Crippen molar-refractivity contribution in [2.45, 2.75) is 24.4 Å². The third-order valence-electron chi connectivity index (χ3n) is 3.05. The van der Waals surface area contributed by atoms with Gasteiger partial charge in [-0.1, -0.05) is 18.2 Å². The van der Waals surface area contributed by atoms with Crippen molar-refractivity contribution in [2.75, 3.05) is 20.3 Å². The van der Waals surface area contributed by atoms with Crippen LogP contribution in [-0.2, 0) is 14.3 Å². The number of carbonyl (C=O) groups is 1. The summed E-state index contributed by atoms with van der Waals surface area (Å²) in [4.78, 5) is 11.0. The average Bonchev–Trinajstić information content (AvgIpc) is 2.70. The largest absolute Gasteiger partial charge is 0.466 e. The lowest BCUT2D eigenvalue weighted by molar-refractivity contribution is -0.134. The molecular formula is C12H17NO3. The van der Waals surface area contributed by atoms with Crippen LogP contribution in [0.15, 0.2) is 24.3 Å². The minimum Gasteiger partial charge on any atom is -0.466 e. The Morgan fingerprint density at radius 1 is 1.69 bits per heavy atom. The second-order valence-electron chi connectivity index (χ2n) is 4.25. The molecular weight excluding hydrogens is 206 g/mol. The Bertz CT molecular complexity index is 324. The zero-order valence-corrected chi connectivity index (χ0v) is 9.44. The van der Waals surface area contributed by atoms with Crippen molar-refractivity contribution in [2.24, 2.45) is 0 Å². The molecule has 0 unspecified atom stereocenters. The SMILES string of the molecule is COC(=O)/C=C/[C@H]1CC[C@@]2(C=CCOC2)N1. The van der Waals surface area contributed by atoms with E-state index in [-0.39, 0.29) is 17.6 Å². The molecule has 0 aromatic heterocycles. The molecule has 0 saturated carbocycles. The number of hydrogen-bond donors (Lipinski definition) is 1. The molecule has 0 radical (unpaired) electrons. The van der Waals surface area contributed by atoms with E-state index in [4.69, 9.17) is 4.74 Å². The summed E-state index contributed by atoms with van der Waals surface area (Å²) >= 11 is 0. The molecule has 4 nitrogen and oxygen atoms in total. The first-order valence-corrected chi connectivity index (χ1v) is 5.53. The Morgan fingerprint density at radius 3 is 3.25 bits per heavy atom. The van der Waals surface area contributed by atoms with Gasteiger partial charge in [-0.2, -0.15) is 0 Å². The van der Waals surface area contributed by atoms with E-state index in [1.165, 1.54) is 13.2 Å². The zero-order valence-electron chi connectivity index (χ0n) is 9.44. The van der Waals surface area contributed by atoms with Gasteiger partial charge in [-0.05, 0) is 12.8 Å². The Labute approximate surface area is 95.3 Å². The number of rotatable bonds is 2. The zero-order chi connectivity index (χ0) is 11.4. The summed E-state index contributed by atoms with van der Waals surface area (Å²) in [5.41, 5.74) is -0.0244. The van der Waals surface area contributed by atoms with Crippen molar-refractivity contribution >= 4 is 5.97 Å². The molecule has 0 amide bonds. The fourth-order valence-electron chi connectivity index (χ4n) is 2.21. The number of nitrogens with one attached hydrogen (secondary N) is 1. The molecule has 2 rings (SSSR count). The molecule has 0 aromatic rings. The Balaban J connectivity index is 1.92. The van der Waals surface area contributed by atoms with Crippen LogP contribution in [-0.4, -0.2) is 37.9 Å². The van der Waals surface area contributed by atoms with Crippen molar-refractivity contribution in [3.05, 3.63) is 24.3 Å². The third-order valence-corrected chi connectivity index (χ3v) is 3.05. The molecule has 2 aliphatic heterocycles. The molecule has 1 fully saturated rings. The Morgan fingerprint density at radius 2 is 2.56 bits per heavy atom. The number of hydrogen-bond acceptors (Lipinski definition) is 4. The van der Waals surface area contributed by atoms with Crippen molar-refractivity contribution in [3.8, 4) is 0 Å². The van der Waals surface area contributed by atoms with Crippen LogP contribution in [0.4, 0.5) is 0 Å². The van der Waals surface area contributed by atoms with Gasteiger partial charge in [0.2, 0.25) is 0 Å². The average molecular weight is 223 g/mol. The van der Waals surface area contributed by atoms with E-state index in [2.05, 4.69) is 16.1 Å². The molecule has 2 heterocycles. The summed E-state index contributed by atoms with van der Waals surface area (Å²) in [7, 11) is 1.38. The first-order chi connectivity index (χ1) is 7.74. The minimum atomic E-state index is -0.307. The van der Waals surface area contributed by atoms with Crippen LogP contribution in [0.2, 0.25) is 0 Å². The minimum absolute atomic E-state index is 0.0244. The van der Waals surface area contributed by atoms with Gasteiger partial charge in [0.1, 0.15) is 0 Å². The van der Waals surface area contributed by atoms with E-state index >= 15 is 0 Å². The molecule has 16 heavy (non-hydrogen) atoms. The molecule has 2 aliphatic rings. The van der Waals surface area contributed by atoms with Crippen LogP contribution in [0.25, 0.3) is 0 Å². The second kappa shape index (κ2) is 4.80. The summed E-state index contributed by atoms with van der Waals surface area (Å²) in [5.74, 6) is -0.307. The predicted molar refractivity (Wildman–Crippen MR) is 60.0 cm³/mol. The highest BCUT2D eigenvalue weighted by atomic mass is 16.5. The van der Waals surface area contributed by atoms with Crippen LogP contribution in [0.1, 0.15) is 12.8 Å². The summed E-state index contributed by atoms with van der Waals surface area (Å²) in [5, 5.41) is 3.48. The fraction of sp³-hybridized carbons (Fsp3) is 0.583. The van der Waals surface area contributed by atoms with Gasteiger partial charge in [-0.3, -0.25) is 5.32 Å². The molecule has 1 N–H and O–H groups in total. The first kappa shape index (κ1) is 11.4. The predicted octanol–water partition coefficient (Wildman–Crippen LogP) is 0.793. The van der Waals surface area contributed by atoms with E-state index in [1.807, 2.05) is 12.2 Å². The quantitative estimate of drug-likeness (QED) is 0.427. The van der Waals surface area contributed by atoms with Crippen LogP contribution in [0.5, 0.6) is 0 Å². The van der Waals surface area contributed by atoms with Gasteiger partial charge in [0.25, 0.3) is 0 Å². The van der Waals surface area contributed by atoms with E-state index in [0.29, 0.717) is 13.2 Å². The number of carbonyl (C=O) groups excluding carboxylic acids is 1. The van der Waals surface area contributed by atoms with Crippen molar-refractivity contribution < 1.29 is 14.3 Å². The number of ether oxygens (including phenoxy) is 2. The van der Waals surface area contributed by atoms with E-state index < -0.39 is 0 Å². The molecule has 1 spiro atoms. The molecule has 0 aliphatic carbocycles. The van der Waals surface area contributed by atoms with Crippen molar-refractivity contribution in [1.29, 1.82) is 0 Å². The van der Waals surface area contributed by atoms with E-state index in [1.54, 1.807) is 0 Å². The molecule has 88 valence electrons. The van der Waals surface area contributed by atoms with Crippen LogP contribution < -0.4 is 5.32 Å². The third kappa shape index (κ3) is 2.51. The highest BCUT2D eigenvalue weighted by Gasteiger charge is 2.36. The van der Waals surface area contributed by atoms with Gasteiger partial charge in [-0.15, -0.1) is 0 Å². The summed E-state index contributed by atoms with van der Waals surface area (Å²) in [6.07, 6.45) is 9.62. The van der Waals surface area contributed by atoms with Crippen LogP contribution in [0.3, 0.4) is 0 Å². The lowest BCUT2D eigenvalue weighted by atomic mass is 9.97. The summed E-state index contributed by atoms with van der Waals surface area (Å²) in [6.45, 7) is 1.41. The number of esters is 1. The van der Waals surface area contributed by atoms with Gasteiger partial charge in [0, 0.05) is 12.1 Å². The fourth-order valence-corrected chi connectivity index (χ4v) is 2.21. The highest BCUT2D eigenvalue weighted by molar-refractivity contribution is 5.81. The molecule has 4 heteroatoms. The van der Waals surface area contributed by atoms with Crippen LogP contribution >= 0.6 is 0 Å². The van der Waals surface area contributed by atoms with Gasteiger partial charge >= 0.3 is 5.97 Å². The molecule has 2 atom stereocenters. The normalized spacial score (nSPS) is 33.7. The van der Waals surface area contributed by atoms with Crippen LogP contribution in [0, 0.1) is 0 Å². The number of methoxy groups -OCH3 is 1. The standard InChI is InChI=1S/C12H17NO3/c1-15-11(14)4-3-10-5-7-12(13-10)6-2-8-16-9-12/h2-4,6,10,13H,5,7-9H2,1H3/b4-3+/t10-,12+/m0/s1. The van der Waals surface area contributed by atoms with Gasteiger partial charge < -0.3 is 9.47 Å². The lowest BCUT2D eigenvalue weighted by Crippen LogP contribution is -2.46. The first-order valence-electron chi connectivity index (χ1n) is 5.53. The Kier molecular flexibility index (Phi) is 3.41. The lowest BCUT2D eigenvalue weighted by Gasteiger charge is -2.29. The van der Waals surface area contributed by atoms with Crippen molar-refractivity contribution in [3.63, 3.8) is 0 Å². The maximum absolute atomic E-state index is 11.0. The van der Waals surface area contributed by atoms with Gasteiger partial charge in [0.15, 0.2) is 0 Å². The second-order valence-corrected chi connectivity index (χ2v) is 4.25. The molecule has 1 saturated heterocycles. The maximum atomic E-state index is 11.0. The smallest absolute Gasteiger partial charge is 0.330 e. The topological polar surface area (TPSA) is 47.6 Å². The molecule has 0 aromatic carbocycles. The van der Waals surface area contributed by atoms with E-state index in [9.17, 15) is 4.79 Å². The monoisotopic (exact) mass is 223 g/mol. The highest BCUT2D eigenvalue weighted by Crippen LogP contribution is 2.27. The Hall–Kier alpha value is -1.13. The van der Waals surface area contributed by atoms with Crippen molar-refractivity contribution in [1.82, 2.24) is 5.32 Å². The summed E-state index contributed by atoms with van der Waals surface area (Å²) < 4.78 is 9.99. The summed E-state index contributed by atoms with van der Waals surface area (Å²) in [6, 6.07) is 0.227.